The van der Waals surface area contributed by atoms with Crippen molar-refractivity contribution < 1.29 is 14.3 Å². The molecule has 1 fully saturated rings. The Balaban J connectivity index is 1.58. The van der Waals surface area contributed by atoms with Crippen LogP contribution >= 0.6 is 0 Å². The van der Waals surface area contributed by atoms with Gasteiger partial charge in [0.05, 0.1) is 6.20 Å². The summed E-state index contributed by atoms with van der Waals surface area (Å²) in [6.45, 7) is 4.86. The summed E-state index contributed by atoms with van der Waals surface area (Å²) in [4.78, 5) is 7.07. The number of hydrogen-bond donors (Lipinski definition) is 1. The van der Waals surface area contributed by atoms with E-state index >= 15 is 0 Å². The van der Waals surface area contributed by atoms with Gasteiger partial charge in [0.1, 0.15) is 38.5 Å². The van der Waals surface area contributed by atoms with Crippen molar-refractivity contribution in [3.8, 4) is 0 Å². The van der Waals surface area contributed by atoms with Crippen molar-refractivity contribution in [2.24, 2.45) is 0 Å². The summed E-state index contributed by atoms with van der Waals surface area (Å²) < 4.78 is 13.7. The number of pyridine rings is 1. The molecule has 2 N–H and O–H groups in total. The summed E-state index contributed by atoms with van der Waals surface area (Å²) >= 11 is 0. The number of aromatic amines is 1. The minimum Gasteiger partial charge on any atom is -0.325 e. The van der Waals surface area contributed by atoms with Crippen molar-refractivity contribution in [3.05, 3.63) is 60.0 Å². The minimum atomic E-state index is -0.0844. The second-order valence-corrected chi connectivity index (χ2v) is 5.25. The van der Waals surface area contributed by atoms with Crippen LogP contribution in [0.15, 0.2) is 48.7 Å². The van der Waals surface area contributed by atoms with Crippen LogP contribution in [0.25, 0.3) is 0 Å². The van der Waals surface area contributed by atoms with Gasteiger partial charge in [-0.3, -0.25) is 4.90 Å². The fourth-order valence-electron chi connectivity index (χ4n) is 2.73. The van der Waals surface area contributed by atoms with Crippen LogP contribution in [0, 0.1) is 5.82 Å². The molecule has 3 nitrogen and oxygen atoms in total. The van der Waals surface area contributed by atoms with Gasteiger partial charge in [-0.1, -0.05) is 24.3 Å². The van der Waals surface area contributed by atoms with Crippen LogP contribution in [0.2, 0.25) is 0 Å². The summed E-state index contributed by atoms with van der Waals surface area (Å²) in [6.07, 6.45) is 1.95. The van der Waals surface area contributed by atoms with Gasteiger partial charge in [-0.05, 0) is 12.1 Å². The first-order chi connectivity index (χ1) is 9.83. The van der Waals surface area contributed by atoms with Crippen LogP contribution in [0.4, 0.5) is 10.2 Å². The number of H-pyrrole nitrogens is 1. The van der Waals surface area contributed by atoms with Gasteiger partial charge in [-0.15, -0.1) is 0 Å². The van der Waals surface area contributed by atoms with Gasteiger partial charge in [-0.25, -0.2) is 9.37 Å². The lowest BCUT2D eigenvalue weighted by Gasteiger charge is -2.28. The second-order valence-electron chi connectivity index (χ2n) is 5.25. The fourth-order valence-corrected chi connectivity index (χ4v) is 2.73. The van der Waals surface area contributed by atoms with Gasteiger partial charge in [0.15, 0.2) is 0 Å². The standard InChI is InChI=1S/C16H18FN3/c17-15-6-2-1-5-14(15)13-19-9-11-20(12-10-19)16-7-3-4-8-18-16/h1-8H,9-13H2/p+2. The molecule has 0 saturated carbocycles. The zero-order valence-electron chi connectivity index (χ0n) is 11.5. The molecular formula is C16H20FN3+2. The third kappa shape index (κ3) is 2.96. The van der Waals surface area contributed by atoms with Crippen LogP contribution in [-0.4, -0.2) is 26.2 Å². The molecule has 0 bridgehead atoms. The normalized spacial score (nSPS) is 16.4. The van der Waals surface area contributed by atoms with E-state index in [1.807, 2.05) is 30.5 Å². The number of quaternary nitrogens is 1. The first kappa shape index (κ1) is 13.1. The molecule has 0 unspecified atom stereocenters. The molecule has 1 aliphatic heterocycles. The van der Waals surface area contributed by atoms with Crippen molar-refractivity contribution in [2.75, 3.05) is 31.1 Å². The smallest absolute Gasteiger partial charge is 0.274 e. The molecule has 0 radical (unpaired) electrons. The Labute approximate surface area is 118 Å². The number of aromatic nitrogens is 1. The summed E-state index contributed by atoms with van der Waals surface area (Å²) in [5.41, 5.74) is 0.822. The largest absolute Gasteiger partial charge is 0.325 e. The van der Waals surface area contributed by atoms with Crippen molar-refractivity contribution in [1.29, 1.82) is 0 Å². The molecule has 3 rings (SSSR count). The first-order valence-corrected chi connectivity index (χ1v) is 7.11. The highest BCUT2D eigenvalue weighted by Crippen LogP contribution is 2.06. The highest BCUT2D eigenvalue weighted by atomic mass is 19.1. The molecular weight excluding hydrogens is 253 g/mol. The van der Waals surface area contributed by atoms with Crippen LogP contribution < -0.4 is 14.8 Å². The number of nitrogens with zero attached hydrogens (tertiary/aromatic N) is 1. The Morgan fingerprint density at radius 3 is 2.50 bits per heavy atom. The molecule has 1 aromatic carbocycles. The molecule has 0 atom stereocenters. The summed E-state index contributed by atoms with van der Waals surface area (Å²) in [5.74, 6) is 1.08. The average Bonchev–Trinajstić information content (AvgIpc) is 2.51. The predicted octanol–water partition coefficient (Wildman–Crippen LogP) is 0.545. The zero-order chi connectivity index (χ0) is 13.8. The minimum absolute atomic E-state index is 0.0844. The highest BCUT2D eigenvalue weighted by molar-refractivity contribution is 5.31. The molecule has 0 spiro atoms. The quantitative estimate of drug-likeness (QED) is 0.866. The van der Waals surface area contributed by atoms with Crippen LogP contribution in [-0.2, 0) is 6.54 Å². The third-order valence-electron chi connectivity index (χ3n) is 3.90. The molecule has 1 aromatic heterocycles. The van der Waals surface area contributed by atoms with E-state index in [0.29, 0.717) is 0 Å². The lowest BCUT2D eigenvalue weighted by molar-refractivity contribution is -0.914. The Morgan fingerprint density at radius 2 is 1.80 bits per heavy atom. The maximum atomic E-state index is 13.7. The molecule has 4 heteroatoms. The van der Waals surface area contributed by atoms with E-state index in [-0.39, 0.29) is 5.82 Å². The SMILES string of the molecule is Fc1ccccc1C[NH+]1CCN(c2cccc[nH+]2)CC1. The number of piperazine rings is 1. The Kier molecular flexibility index (Phi) is 3.92. The second kappa shape index (κ2) is 6.01. The van der Waals surface area contributed by atoms with Crippen LogP contribution in [0.3, 0.4) is 0 Å². The van der Waals surface area contributed by atoms with Crippen molar-refractivity contribution in [3.63, 3.8) is 0 Å². The number of halogens is 1. The van der Waals surface area contributed by atoms with Gasteiger partial charge < -0.3 is 4.90 Å². The molecule has 0 aliphatic carbocycles. The number of nitrogens with one attached hydrogen (secondary N) is 2. The summed E-state index contributed by atoms with van der Waals surface area (Å²) in [7, 11) is 0. The van der Waals surface area contributed by atoms with E-state index in [0.717, 1.165) is 44.1 Å². The van der Waals surface area contributed by atoms with Crippen LogP contribution in [0.1, 0.15) is 5.56 Å². The lowest BCUT2D eigenvalue weighted by atomic mass is 10.2. The van der Waals surface area contributed by atoms with Crippen LogP contribution in [0.5, 0.6) is 0 Å². The molecule has 1 aliphatic rings. The maximum Gasteiger partial charge on any atom is 0.274 e. The number of anilines is 1. The lowest BCUT2D eigenvalue weighted by Crippen LogP contribution is -3.13. The van der Waals surface area contributed by atoms with E-state index in [4.69, 9.17) is 0 Å². The summed E-state index contributed by atoms with van der Waals surface area (Å²) in [5, 5.41) is 0. The Hall–Kier alpha value is -1.94. The number of benzene rings is 1. The average molecular weight is 273 g/mol. The molecule has 0 amide bonds. The molecule has 20 heavy (non-hydrogen) atoms. The molecule has 2 heterocycles. The van der Waals surface area contributed by atoms with E-state index in [2.05, 4.69) is 16.0 Å². The summed E-state index contributed by atoms with van der Waals surface area (Å²) in [6, 6.07) is 13.2. The number of rotatable bonds is 3. The Morgan fingerprint density at radius 1 is 1.05 bits per heavy atom. The Bertz CT molecular complexity index is 551. The zero-order valence-corrected chi connectivity index (χ0v) is 11.5. The van der Waals surface area contributed by atoms with E-state index in [9.17, 15) is 4.39 Å². The maximum absolute atomic E-state index is 13.7. The van der Waals surface area contributed by atoms with Gasteiger partial charge in [0.25, 0.3) is 5.82 Å². The van der Waals surface area contributed by atoms with Gasteiger partial charge >= 0.3 is 0 Å². The van der Waals surface area contributed by atoms with Gasteiger partial charge in [0.2, 0.25) is 0 Å². The van der Waals surface area contributed by atoms with Crippen molar-refractivity contribution in [2.45, 2.75) is 6.54 Å². The number of hydrogen-bond acceptors (Lipinski definition) is 1. The van der Waals surface area contributed by atoms with E-state index in [1.54, 1.807) is 12.1 Å². The monoisotopic (exact) mass is 273 g/mol. The fraction of sp³-hybridized carbons (Fsp3) is 0.312. The van der Waals surface area contributed by atoms with Gasteiger partial charge in [-0.2, -0.15) is 0 Å². The van der Waals surface area contributed by atoms with E-state index in [1.165, 1.54) is 4.90 Å². The molecule has 104 valence electrons. The van der Waals surface area contributed by atoms with E-state index < -0.39 is 0 Å². The molecule has 2 aromatic rings. The van der Waals surface area contributed by atoms with Gasteiger partial charge in [0, 0.05) is 11.6 Å². The molecule has 1 saturated heterocycles. The van der Waals surface area contributed by atoms with Crippen molar-refractivity contribution in [1.82, 2.24) is 0 Å². The topological polar surface area (TPSA) is 21.8 Å². The van der Waals surface area contributed by atoms with Crippen molar-refractivity contribution >= 4 is 5.82 Å². The predicted molar refractivity (Wildman–Crippen MR) is 76.0 cm³/mol. The highest BCUT2D eigenvalue weighted by Gasteiger charge is 2.26. The third-order valence-corrected chi connectivity index (χ3v) is 3.90. The first-order valence-electron chi connectivity index (χ1n) is 7.11.